The minimum Gasteiger partial charge on any atom is -0.494 e. The van der Waals surface area contributed by atoms with Crippen LogP contribution in [-0.4, -0.2) is 36.0 Å². The molecule has 2 aromatic carbocycles. The van der Waals surface area contributed by atoms with Crippen molar-refractivity contribution in [3.63, 3.8) is 0 Å². The van der Waals surface area contributed by atoms with E-state index < -0.39 is 0 Å². The molecule has 0 bridgehead atoms. The van der Waals surface area contributed by atoms with Crippen LogP contribution in [-0.2, 0) is 0 Å². The van der Waals surface area contributed by atoms with Crippen molar-refractivity contribution in [1.29, 1.82) is 0 Å². The normalized spacial score (nSPS) is 14.8. The zero-order valence-corrected chi connectivity index (χ0v) is 18.1. The van der Waals surface area contributed by atoms with Crippen LogP contribution in [0.2, 0.25) is 0 Å². The highest BCUT2D eigenvalue weighted by Crippen LogP contribution is 2.28. The van der Waals surface area contributed by atoms with E-state index in [9.17, 15) is 4.79 Å². The molecule has 1 aliphatic heterocycles. The molecule has 0 unspecified atom stereocenters. The predicted octanol–water partition coefficient (Wildman–Crippen LogP) is 5.19. The van der Waals surface area contributed by atoms with Gasteiger partial charge in [-0.05, 0) is 72.4 Å². The molecule has 1 saturated heterocycles. The molecule has 1 aliphatic rings. The second-order valence-corrected chi connectivity index (χ2v) is 8.38. The van der Waals surface area contributed by atoms with Gasteiger partial charge in [0.1, 0.15) is 17.6 Å². The summed E-state index contributed by atoms with van der Waals surface area (Å²) < 4.78 is 15.6. The maximum atomic E-state index is 12.3. The van der Waals surface area contributed by atoms with Crippen LogP contribution in [0.3, 0.4) is 0 Å². The first-order valence-corrected chi connectivity index (χ1v) is 11.1. The Morgan fingerprint density at radius 1 is 1.10 bits per heavy atom. The minimum atomic E-state index is 0.147. The first-order chi connectivity index (χ1) is 14.6. The van der Waals surface area contributed by atoms with Gasteiger partial charge >= 0.3 is 0 Å². The third-order valence-electron chi connectivity index (χ3n) is 5.32. The molecule has 1 atom stereocenters. The van der Waals surface area contributed by atoms with Crippen LogP contribution in [0, 0.1) is 0 Å². The van der Waals surface area contributed by atoms with Gasteiger partial charge in [-0.1, -0.05) is 19.1 Å². The Bertz CT molecular complexity index is 949. The number of carbonyl (C=O) groups excluding carboxylic acids is 1. The summed E-state index contributed by atoms with van der Waals surface area (Å²) in [5, 5.41) is 0. The highest BCUT2D eigenvalue weighted by molar-refractivity contribution is 7.08. The molecule has 0 amide bonds. The lowest BCUT2D eigenvalue weighted by Gasteiger charge is -2.40. The Morgan fingerprint density at radius 3 is 2.43 bits per heavy atom. The minimum absolute atomic E-state index is 0.147. The van der Waals surface area contributed by atoms with Crippen LogP contribution in [0.5, 0.6) is 11.5 Å². The second kappa shape index (κ2) is 9.30. The van der Waals surface area contributed by atoms with Gasteiger partial charge in [0.25, 0.3) is 0 Å². The SMILES string of the molecule is CCOc1ccc(N2CC(Oc3ccc([C@H](C)CC(=O)c4ccns4)cc3)C2)cc1. The lowest BCUT2D eigenvalue weighted by molar-refractivity contribution is 0.0979. The van der Waals surface area contributed by atoms with Gasteiger partial charge in [-0.2, -0.15) is 0 Å². The highest BCUT2D eigenvalue weighted by atomic mass is 32.1. The number of carbonyl (C=O) groups is 1. The number of Topliss-reactive ketones (excluding diaryl/α,β-unsaturated/α-hetero) is 1. The molecule has 0 aliphatic carbocycles. The molecular weight excluding hydrogens is 396 g/mol. The van der Waals surface area contributed by atoms with Crippen LogP contribution in [0.4, 0.5) is 5.69 Å². The van der Waals surface area contributed by atoms with E-state index in [0.717, 1.165) is 35.0 Å². The summed E-state index contributed by atoms with van der Waals surface area (Å²) in [5.41, 5.74) is 2.33. The molecule has 2 heterocycles. The molecule has 156 valence electrons. The summed E-state index contributed by atoms with van der Waals surface area (Å²) >= 11 is 1.26. The van der Waals surface area contributed by atoms with E-state index in [0.29, 0.717) is 13.0 Å². The number of hydrogen-bond acceptors (Lipinski definition) is 6. The molecular formula is C24H26N2O3S. The molecule has 1 aromatic heterocycles. The van der Waals surface area contributed by atoms with Crippen molar-refractivity contribution in [3.05, 3.63) is 71.2 Å². The van der Waals surface area contributed by atoms with Crippen molar-refractivity contribution in [2.24, 2.45) is 0 Å². The summed E-state index contributed by atoms with van der Waals surface area (Å²) in [7, 11) is 0. The van der Waals surface area contributed by atoms with Crippen molar-refractivity contribution >= 4 is 23.0 Å². The van der Waals surface area contributed by atoms with Crippen molar-refractivity contribution < 1.29 is 14.3 Å². The first-order valence-electron chi connectivity index (χ1n) is 10.3. The standard InChI is InChI=1S/C24H26N2O3S/c1-3-28-20-10-6-19(7-11-20)26-15-22(16-26)29-21-8-4-18(5-9-21)17(2)14-23(27)24-12-13-25-30-24/h4-13,17,22H,3,14-16H2,1-2H3/t17-/m1/s1. The zero-order valence-electron chi connectivity index (χ0n) is 17.3. The smallest absolute Gasteiger partial charge is 0.174 e. The Balaban J connectivity index is 1.26. The van der Waals surface area contributed by atoms with Crippen molar-refractivity contribution in [3.8, 4) is 11.5 Å². The molecule has 4 rings (SSSR count). The molecule has 0 spiro atoms. The second-order valence-electron chi connectivity index (χ2n) is 7.55. The molecule has 0 N–H and O–H groups in total. The van der Waals surface area contributed by atoms with E-state index in [1.54, 1.807) is 12.3 Å². The number of anilines is 1. The van der Waals surface area contributed by atoms with E-state index in [1.165, 1.54) is 17.2 Å². The predicted molar refractivity (Wildman–Crippen MR) is 120 cm³/mol. The largest absolute Gasteiger partial charge is 0.494 e. The molecule has 30 heavy (non-hydrogen) atoms. The molecule has 5 nitrogen and oxygen atoms in total. The fraction of sp³-hybridized carbons (Fsp3) is 0.333. The fourth-order valence-electron chi connectivity index (χ4n) is 3.57. The zero-order chi connectivity index (χ0) is 20.9. The third-order valence-corrected chi connectivity index (χ3v) is 6.10. The van der Waals surface area contributed by atoms with Gasteiger partial charge in [0.2, 0.25) is 0 Å². The van der Waals surface area contributed by atoms with Gasteiger partial charge < -0.3 is 14.4 Å². The number of ketones is 1. The van der Waals surface area contributed by atoms with Crippen LogP contribution in [0.15, 0.2) is 60.8 Å². The van der Waals surface area contributed by atoms with Crippen LogP contribution in [0.25, 0.3) is 0 Å². The average molecular weight is 423 g/mol. The van der Waals surface area contributed by atoms with Crippen LogP contribution >= 0.6 is 11.5 Å². The molecule has 1 fully saturated rings. The highest BCUT2D eigenvalue weighted by Gasteiger charge is 2.28. The maximum Gasteiger partial charge on any atom is 0.174 e. The van der Waals surface area contributed by atoms with E-state index in [1.807, 2.05) is 31.2 Å². The molecule has 3 aromatic rings. The first kappa shape index (κ1) is 20.4. The van der Waals surface area contributed by atoms with Crippen LogP contribution in [0.1, 0.15) is 41.4 Å². The number of ether oxygens (including phenoxy) is 2. The quantitative estimate of drug-likeness (QED) is 0.445. The van der Waals surface area contributed by atoms with Gasteiger partial charge in [-0.3, -0.25) is 4.79 Å². The monoisotopic (exact) mass is 422 g/mol. The van der Waals surface area contributed by atoms with Gasteiger partial charge in [0, 0.05) is 18.3 Å². The number of nitrogens with zero attached hydrogens (tertiary/aromatic N) is 2. The third kappa shape index (κ3) is 4.82. The Hall–Kier alpha value is -2.86. The topological polar surface area (TPSA) is 51.7 Å². The number of benzene rings is 2. The van der Waals surface area contributed by atoms with Gasteiger partial charge in [-0.25, -0.2) is 4.37 Å². The number of hydrogen-bond donors (Lipinski definition) is 0. The van der Waals surface area contributed by atoms with E-state index in [-0.39, 0.29) is 17.8 Å². The van der Waals surface area contributed by atoms with Crippen molar-refractivity contribution in [2.45, 2.75) is 32.3 Å². The Kier molecular flexibility index (Phi) is 6.33. The fourth-order valence-corrected chi connectivity index (χ4v) is 4.11. The van der Waals surface area contributed by atoms with Gasteiger partial charge in [0.05, 0.1) is 24.6 Å². The van der Waals surface area contributed by atoms with Crippen LogP contribution < -0.4 is 14.4 Å². The van der Waals surface area contributed by atoms with Crippen molar-refractivity contribution in [1.82, 2.24) is 4.37 Å². The van der Waals surface area contributed by atoms with Crippen molar-refractivity contribution in [2.75, 3.05) is 24.6 Å². The summed E-state index contributed by atoms with van der Waals surface area (Å²) in [5.74, 6) is 2.08. The molecule has 0 saturated carbocycles. The molecule has 6 heteroatoms. The maximum absolute atomic E-state index is 12.3. The summed E-state index contributed by atoms with van der Waals surface area (Å²) in [6.45, 7) is 6.49. The summed E-state index contributed by atoms with van der Waals surface area (Å²) in [6, 6.07) is 18.1. The Labute approximate surface area is 181 Å². The molecule has 0 radical (unpaired) electrons. The van der Waals surface area contributed by atoms with E-state index >= 15 is 0 Å². The van der Waals surface area contributed by atoms with Gasteiger partial charge in [-0.15, -0.1) is 0 Å². The lowest BCUT2D eigenvalue weighted by atomic mass is 9.95. The number of aromatic nitrogens is 1. The summed E-state index contributed by atoms with van der Waals surface area (Å²) in [6.07, 6.45) is 2.35. The van der Waals surface area contributed by atoms with Gasteiger partial charge in [0.15, 0.2) is 5.78 Å². The Morgan fingerprint density at radius 2 is 1.80 bits per heavy atom. The van der Waals surface area contributed by atoms with E-state index in [4.69, 9.17) is 9.47 Å². The average Bonchev–Trinajstić information content (AvgIpc) is 3.27. The summed E-state index contributed by atoms with van der Waals surface area (Å²) in [4.78, 5) is 15.3. The number of rotatable bonds is 9. The van der Waals surface area contributed by atoms with E-state index in [2.05, 4.69) is 40.5 Å². The lowest BCUT2D eigenvalue weighted by Crippen LogP contribution is -2.54.